The SMILES string of the molecule is COc1ccccc1C(=O)CCC(=O)Nc1nc(-c2cccs2)cs1. The predicted molar refractivity (Wildman–Crippen MR) is 101 cm³/mol. The first-order chi connectivity index (χ1) is 12.2. The molecule has 0 fully saturated rings. The van der Waals surface area contributed by atoms with Crippen molar-refractivity contribution in [1.82, 2.24) is 4.98 Å². The molecule has 0 aliphatic rings. The molecule has 0 unspecified atom stereocenters. The molecule has 0 atom stereocenters. The number of aromatic nitrogens is 1. The molecule has 0 radical (unpaired) electrons. The molecule has 3 rings (SSSR count). The van der Waals surface area contributed by atoms with E-state index in [0.717, 1.165) is 10.6 Å². The van der Waals surface area contributed by atoms with Crippen molar-refractivity contribution < 1.29 is 14.3 Å². The van der Waals surface area contributed by atoms with Gasteiger partial charge in [-0.25, -0.2) is 4.98 Å². The zero-order valence-electron chi connectivity index (χ0n) is 13.5. The summed E-state index contributed by atoms with van der Waals surface area (Å²) in [4.78, 5) is 29.8. The third kappa shape index (κ3) is 4.32. The molecular formula is C18H16N2O3S2. The Hall–Kier alpha value is -2.51. The van der Waals surface area contributed by atoms with Gasteiger partial charge in [0.15, 0.2) is 10.9 Å². The van der Waals surface area contributed by atoms with Crippen LogP contribution in [0.25, 0.3) is 10.6 Å². The van der Waals surface area contributed by atoms with Crippen LogP contribution < -0.4 is 10.1 Å². The van der Waals surface area contributed by atoms with Crippen molar-refractivity contribution in [3.63, 3.8) is 0 Å². The molecule has 5 nitrogen and oxygen atoms in total. The van der Waals surface area contributed by atoms with Crippen LogP contribution in [-0.2, 0) is 4.79 Å². The molecule has 3 aromatic rings. The van der Waals surface area contributed by atoms with Gasteiger partial charge in [0.2, 0.25) is 5.91 Å². The van der Waals surface area contributed by atoms with Crippen molar-refractivity contribution in [1.29, 1.82) is 0 Å². The van der Waals surface area contributed by atoms with Gasteiger partial charge in [-0.2, -0.15) is 0 Å². The largest absolute Gasteiger partial charge is 0.496 e. The molecule has 7 heteroatoms. The quantitative estimate of drug-likeness (QED) is 0.621. The number of hydrogen-bond donors (Lipinski definition) is 1. The molecule has 0 spiro atoms. The van der Waals surface area contributed by atoms with Gasteiger partial charge < -0.3 is 10.1 Å². The maximum Gasteiger partial charge on any atom is 0.226 e. The number of hydrogen-bond acceptors (Lipinski definition) is 6. The molecule has 0 saturated carbocycles. The summed E-state index contributed by atoms with van der Waals surface area (Å²) in [5.74, 6) is 0.176. The standard InChI is InChI=1S/C18H16N2O3S2/c1-23-15-6-3-2-5-12(15)14(21)8-9-17(22)20-18-19-13(11-25-18)16-7-4-10-24-16/h2-7,10-11H,8-9H2,1H3,(H,19,20,22). The lowest BCUT2D eigenvalue weighted by atomic mass is 10.1. The highest BCUT2D eigenvalue weighted by Crippen LogP contribution is 2.28. The number of carbonyl (C=O) groups is 2. The Bertz CT molecular complexity index is 872. The normalized spacial score (nSPS) is 10.4. The number of amides is 1. The number of thiophene rings is 1. The molecule has 128 valence electrons. The highest BCUT2D eigenvalue weighted by Gasteiger charge is 2.14. The van der Waals surface area contributed by atoms with Crippen LogP contribution in [0.1, 0.15) is 23.2 Å². The van der Waals surface area contributed by atoms with Crippen LogP contribution in [0.15, 0.2) is 47.2 Å². The molecule has 0 aliphatic carbocycles. The van der Waals surface area contributed by atoms with Gasteiger partial charge in [-0.15, -0.1) is 22.7 Å². The Balaban J connectivity index is 1.55. The van der Waals surface area contributed by atoms with E-state index in [0.29, 0.717) is 16.4 Å². The van der Waals surface area contributed by atoms with Gasteiger partial charge in [0.25, 0.3) is 0 Å². The Morgan fingerprint density at radius 1 is 1.12 bits per heavy atom. The topological polar surface area (TPSA) is 68.3 Å². The fraction of sp³-hybridized carbons (Fsp3) is 0.167. The Labute approximate surface area is 153 Å². The van der Waals surface area contributed by atoms with E-state index in [-0.39, 0.29) is 24.5 Å². The zero-order chi connectivity index (χ0) is 17.6. The predicted octanol–water partition coefficient (Wildman–Crippen LogP) is 4.48. The van der Waals surface area contributed by atoms with Crippen molar-refractivity contribution in [2.75, 3.05) is 12.4 Å². The second kappa shape index (κ2) is 8.04. The number of Topliss-reactive ketones (excluding diaryl/α,β-unsaturated/α-hetero) is 1. The minimum Gasteiger partial charge on any atom is -0.496 e. The summed E-state index contributed by atoms with van der Waals surface area (Å²) in [5.41, 5.74) is 1.34. The summed E-state index contributed by atoms with van der Waals surface area (Å²) < 4.78 is 5.18. The van der Waals surface area contributed by atoms with Gasteiger partial charge in [-0.3, -0.25) is 9.59 Å². The summed E-state index contributed by atoms with van der Waals surface area (Å²) in [7, 11) is 1.52. The van der Waals surface area contributed by atoms with Crippen LogP contribution >= 0.6 is 22.7 Å². The maximum atomic E-state index is 12.3. The third-order valence-electron chi connectivity index (χ3n) is 3.51. The number of ketones is 1. The molecule has 2 aromatic heterocycles. The first-order valence-corrected chi connectivity index (χ1v) is 9.39. The number of anilines is 1. The summed E-state index contributed by atoms with van der Waals surface area (Å²) >= 11 is 2.97. The van der Waals surface area contributed by atoms with Crippen LogP contribution in [-0.4, -0.2) is 23.8 Å². The molecule has 1 N–H and O–H groups in total. The average molecular weight is 372 g/mol. The number of nitrogens with zero attached hydrogens (tertiary/aromatic N) is 1. The smallest absolute Gasteiger partial charge is 0.226 e. The van der Waals surface area contributed by atoms with Crippen molar-refractivity contribution in [2.24, 2.45) is 0 Å². The van der Waals surface area contributed by atoms with Gasteiger partial charge in [0, 0.05) is 18.2 Å². The number of nitrogens with one attached hydrogen (secondary N) is 1. The number of carbonyl (C=O) groups excluding carboxylic acids is 2. The van der Waals surface area contributed by atoms with E-state index < -0.39 is 0 Å². The van der Waals surface area contributed by atoms with E-state index in [9.17, 15) is 9.59 Å². The fourth-order valence-electron chi connectivity index (χ4n) is 2.29. The summed E-state index contributed by atoms with van der Waals surface area (Å²) in [6, 6.07) is 11.0. The molecule has 0 aliphatic heterocycles. The zero-order valence-corrected chi connectivity index (χ0v) is 15.2. The van der Waals surface area contributed by atoms with Crippen LogP contribution in [0.2, 0.25) is 0 Å². The molecule has 0 saturated heterocycles. The average Bonchev–Trinajstić information content (AvgIpc) is 3.31. The maximum absolute atomic E-state index is 12.3. The van der Waals surface area contributed by atoms with Gasteiger partial charge >= 0.3 is 0 Å². The number of methoxy groups -OCH3 is 1. The van der Waals surface area contributed by atoms with Crippen LogP contribution in [0.4, 0.5) is 5.13 Å². The second-order valence-corrected chi connectivity index (χ2v) is 6.99. The summed E-state index contributed by atoms with van der Waals surface area (Å²) in [6.45, 7) is 0. The number of rotatable bonds is 7. The monoisotopic (exact) mass is 372 g/mol. The van der Waals surface area contributed by atoms with Crippen LogP contribution in [0.3, 0.4) is 0 Å². The van der Waals surface area contributed by atoms with Gasteiger partial charge in [-0.05, 0) is 23.6 Å². The molecular weight excluding hydrogens is 356 g/mol. The lowest BCUT2D eigenvalue weighted by Gasteiger charge is -2.07. The summed E-state index contributed by atoms with van der Waals surface area (Å²) in [6.07, 6.45) is 0.222. The van der Waals surface area contributed by atoms with E-state index in [1.807, 2.05) is 22.9 Å². The number of benzene rings is 1. The first kappa shape index (κ1) is 17.3. The Morgan fingerprint density at radius 2 is 1.96 bits per heavy atom. The van der Waals surface area contributed by atoms with Crippen molar-refractivity contribution in [3.8, 4) is 16.3 Å². The first-order valence-electron chi connectivity index (χ1n) is 7.63. The molecule has 1 amide bonds. The minimum atomic E-state index is -0.227. The number of para-hydroxylation sites is 1. The van der Waals surface area contributed by atoms with E-state index in [2.05, 4.69) is 10.3 Å². The van der Waals surface area contributed by atoms with E-state index in [1.165, 1.54) is 18.4 Å². The summed E-state index contributed by atoms with van der Waals surface area (Å²) in [5, 5.41) is 7.18. The molecule has 0 bridgehead atoms. The van der Waals surface area contributed by atoms with Gasteiger partial charge in [-0.1, -0.05) is 18.2 Å². The van der Waals surface area contributed by atoms with Gasteiger partial charge in [0.05, 0.1) is 23.2 Å². The highest BCUT2D eigenvalue weighted by atomic mass is 32.1. The lowest BCUT2D eigenvalue weighted by Crippen LogP contribution is -2.13. The van der Waals surface area contributed by atoms with Crippen LogP contribution in [0, 0.1) is 0 Å². The van der Waals surface area contributed by atoms with Crippen LogP contribution in [0.5, 0.6) is 5.75 Å². The van der Waals surface area contributed by atoms with E-state index >= 15 is 0 Å². The van der Waals surface area contributed by atoms with E-state index in [1.54, 1.807) is 35.6 Å². The Morgan fingerprint density at radius 3 is 2.72 bits per heavy atom. The minimum absolute atomic E-state index is 0.102. The molecule has 2 heterocycles. The second-order valence-electron chi connectivity index (χ2n) is 5.19. The van der Waals surface area contributed by atoms with Gasteiger partial charge in [0.1, 0.15) is 5.75 Å². The fourth-order valence-corrected chi connectivity index (χ4v) is 3.77. The third-order valence-corrected chi connectivity index (χ3v) is 5.16. The highest BCUT2D eigenvalue weighted by molar-refractivity contribution is 7.16. The van der Waals surface area contributed by atoms with Crippen molar-refractivity contribution in [2.45, 2.75) is 12.8 Å². The van der Waals surface area contributed by atoms with Crippen molar-refractivity contribution in [3.05, 3.63) is 52.7 Å². The molecule has 25 heavy (non-hydrogen) atoms. The molecule has 1 aromatic carbocycles. The van der Waals surface area contributed by atoms with E-state index in [4.69, 9.17) is 4.74 Å². The Kier molecular flexibility index (Phi) is 5.57. The number of thiazole rings is 1. The lowest BCUT2D eigenvalue weighted by molar-refractivity contribution is -0.116. The number of ether oxygens (including phenoxy) is 1. The van der Waals surface area contributed by atoms with Crippen molar-refractivity contribution >= 4 is 39.5 Å².